The molecule has 1 atom stereocenters. The molecule has 1 heterocycles. The van der Waals surface area contributed by atoms with Crippen LogP contribution in [-0.2, 0) is 9.53 Å². The third-order valence-electron chi connectivity index (χ3n) is 5.19. The van der Waals surface area contributed by atoms with E-state index in [1.165, 1.54) is 70.6 Å². The first-order valence-electron chi connectivity index (χ1n) is 11.5. The normalized spacial score (nSPS) is 16.1. The lowest BCUT2D eigenvalue weighted by molar-refractivity contribution is -0.133. The topological polar surface area (TPSA) is 53.1 Å². The van der Waals surface area contributed by atoms with E-state index in [9.17, 15) is 4.79 Å². The number of hydrogen-bond acceptors (Lipinski definition) is 3. The summed E-state index contributed by atoms with van der Waals surface area (Å²) in [6.45, 7) is 3.67. The standard InChI is InChI=1S/C23H43NO3/c1-2-3-4-5-6-7-8-9-10-11-12-13-14-15-16-18-22(26)24(19-17-20-25)23-21-27-23/h9-10,23,25H,2-8,11-21H2,1H3/b10-9-. The van der Waals surface area contributed by atoms with Crippen LogP contribution in [0.15, 0.2) is 12.2 Å². The van der Waals surface area contributed by atoms with Crippen LogP contribution in [0.1, 0.15) is 103 Å². The molecule has 1 amide bonds. The summed E-state index contributed by atoms with van der Waals surface area (Å²) in [5.41, 5.74) is 0. The zero-order valence-electron chi connectivity index (χ0n) is 17.7. The van der Waals surface area contributed by atoms with Gasteiger partial charge >= 0.3 is 0 Å². The first-order chi connectivity index (χ1) is 13.3. The van der Waals surface area contributed by atoms with Gasteiger partial charge in [0.1, 0.15) is 0 Å². The Morgan fingerprint density at radius 3 is 2.04 bits per heavy atom. The van der Waals surface area contributed by atoms with E-state index >= 15 is 0 Å². The molecule has 1 saturated heterocycles. The SMILES string of the molecule is CCCCCCCC/C=C\CCCCCCCC(=O)N(CCCO)C1CO1. The number of aliphatic hydroxyl groups is 1. The Kier molecular flexibility index (Phi) is 15.4. The van der Waals surface area contributed by atoms with Crippen LogP contribution in [0.5, 0.6) is 0 Å². The number of epoxide rings is 1. The van der Waals surface area contributed by atoms with Crippen LogP contribution >= 0.6 is 0 Å². The van der Waals surface area contributed by atoms with Gasteiger partial charge in [0, 0.05) is 19.6 Å². The van der Waals surface area contributed by atoms with Crippen molar-refractivity contribution in [3.63, 3.8) is 0 Å². The second-order valence-corrected chi connectivity index (χ2v) is 7.79. The van der Waals surface area contributed by atoms with Gasteiger partial charge in [0.15, 0.2) is 6.23 Å². The van der Waals surface area contributed by atoms with E-state index in [0.29, 0.717) is 26.0 Å². The predicted molar refractivity (Wildman–Crippen MR) is 113 cm³/mol. The highest BCUT2D eigenvalue weighted by atomic mass is 16.6. The largest absolute Gasteiger partial charge is 0.396 e. The summed E-state index contributed by atoms with van der Waals surface area (Å²) in [6.07, 6.45) is 22.5. The van der Waals surface area contributed by atoms with Gasteiger partial charge < -0.3 is 14.7 Å². The number of carbonyl (C=O) groups excluding carboxylic acids is 1. The fourth-order valence-corrected chi connectivity index (χ4v) is 3.38. The molecular weight excluding hydrogens is 338 g/mol. The summed E-state index contributed by atoms with van der Waals surface area (Å²) in [5, 5.41) is 8.93. The minimum absolute atomic E-state index is 0.0211. The number of unbranched alkanes of at least 4 members (excludes halogenated alkanes) is 11. The lowest BCUT2D eigenvalue weighted by atomic mass is 10.1. The molecule has 0 aromatic heterocycles. The smallest absolute Gasteiger partial charge is 0.224 e. The van der Waals surface area contributed by atoms with E-state index in [4.69, 9.17) is 9.84 Å². The predicted octanol–water partition coefficient (Wildman–Crippen LogP) is 5.59. The second kappa shape index (κ2) is 17.2. The zero-order valence-corrected chi connectivity index (χ0v) is 17.7. The van der Waals surface area contributed by atoms with Gasteiger partial charge in [0.2, 0.25) is 5.91 Å². The minimum atomic E-state index is -0.0211. The van der Waals surface area contributed by atoms with Crippen LogP contribution in [0.25, 0.3) is 0 Å². The number of allylic oxidation sites excluding steroid dienone is 2. The molecule has 0 aromatic carbocycles. The van der Waals surface area contributed by atoms with E-state index < -0.39 is 0 Å². The van der Waals surface area contributed by atoms with Gasteiger partial charge in [-0.1, -0.05) is 70.4 Å². The van der Waals surface area contributed by atoms with Crippen LogP contribution in [0, 0.1) is 0 Å². The fraction of sp³-hybridized carbons (Fsp3) is 0.870. The Balaban J connectivity index is 1.86. The highest BCUT2D eigenvalue weighted by Crippen LogP contribution is 2.18. The summed E-state index contributed by atoms with van der Waals surface area (Å²) in [4.78, 5) is 14.0. The first kappa shape index (κ1) is 24.2. The molecule has 0 aliphatic carbocycles. The van der Waals surface area contributed by atoms with Crippen molar-refractivity contribution in [3.05, 3.63) is 12.2 Å². The third-order valence-corrected chi connectivity index (χ3v) is 5.19. The van der Waals surface area contributed by atoms with E-state index in [1.807, 2.05) is 0 Å². The molecule has 0 bridgehead atoms. The molecule has 1 unspecified atom stereocenters. The third kappa shape index (κ3) is 13.9. The highest BCUT2D eigenvalue weighted by molar-refractivity contribution is 5.76. The number of hydrogen-bond donors (Lipinski definition) is 1. The Morgan fingerprint density at radius 1 is 0.926 bits per heavy atom. The van der Waals surface area contributed by atoms with Crippen LogP contribution < -0.4 is 0 Å². The van der Waals surface area contributed by atoms with Gasteiger partial charge in [-0.2, -0.15) is 0 Å². The number of ether oxygens (including phenoxy) is 1. The van der Waals surface area contributed by atoms with E-state index in [1.54, 1.807) is 4.90 Å². The van der Waals surface area contributed by atoms with Crippen LogP contribution in [0.3, 0.4) is 0 Å². The molecular formula is C23H43NO3. The maximum absolute atomic E-state index is 12.2. The van der Waals surface area contributed by atoms with Gasteiger partial charge in [-0.25, -0.2) is 0 Å². The maximum atomic E-state index is 12.2. The molecule has 4 nitrogen and oxygen atoms in total. The van der Waals surface area contributed by atoms with E-state index in [0.717, 1.165) is 12.8 Å². The van der Waals surface area contributed by atoms with E-state index in [2.05, 4.69) is 19.1 Å². The Labute approximate surface area is 167 Å². The molecule has 1 N–H and O–H groups in total. The summed E-state index contributed by atoms with van der Waals surface area (Å²) in [6, 6.07) is 0. The highest BCUT2D eigenvalue weighted by Gasteiger charge is 2.32. The van der Waals surface area contributed by atoms with Crippen molar-refractivity contribution in [2.24, 2.45) is 0 Å². The van der Waals surface area contributed by atoms with Crippen molar-refractivity contribution >= 4 is 5.91 Å². The molecule has 27 heavy (non-hydrogen) atoms. The van der Waals surface area contributed by atoms with Gasteiger partial charge in [-0.15, -0.1) is 0 Å². The molecule has 4 heteroatoms. The minimum Gasteiger partial charge on any atom is -0.396 e. The van der Waals surface area contributed by atoms with Crippen molar-refractivity contribution in [1.29, 1.82) is 0 Å². The first-order valence-corrected chi connectivity index (χ1v) is 11.5. The molecule has 1 fully saturated rings. The van der Waals surface area contributed by atoms with Crippen molar-refractivity contribution in [2.45, 2.75) is 109 Å². The van der Waals surface area contributed by atoms with Gasteiger partial charge in [-0.05, 0) is 38.5 Å². The van der Waals surface area contributed by atoms with Gasteiger partial charge in [0.05, 0.1) is 6.61 Å². The molecule has 0 spiro atoms. The lowest BCUT2D eigenvalue weighted by Gasteiger charge is -2.19. The monoisotopic (exact) mass is 381 g/mol. The number of amides is 1. The Hall–Kier alpha value is -0.870. The summed E-state index contributed by atoms with van der Waals surface area (Å²) < 4.78 is 5.23. The average Bonchev–Trinajstić information content (AvgIpc) is 3.50. The summed E-state index contributed by atoms with van der Waals surface area (Å²) >= 11 is 0. The van der Waals surface area contributed by atoms with Gasteiger partial charge in [-0.3, -0.25) is 4.79 Å². The summed E-state index contributed by atoms with van der Waals surface area (Å²) in [5.74, 6) is 0.184. The molecule has 158 valence electrons. The lowest BCUT2D eigenvalue weighted by Crippen LogP contribution is -2.34. The molecule has 0 radical (unpaired) electrons. The number of rotatable bonds is 19. The van der Waals surface area contributed by atoms with Crippen molar-refractivity contribution in [2.75, 3.05) is 19.8 Å². The fourth-order valence-electron chi connectivity index (χ4n) is 3.38. The summed E-state index contributed by atoms with van der Waals surface area (Å²) in [7, 11) is 0. The van der Waals surface area contributed by atoms with E-state index in [-0.39, 0.29) is 18.7 Å². The molecule has 0 aromatic rings. The quantitative estimate of drug-likeness (QED) is 0.180. The van der Waals surface area contributed by atoms with Crippen LogP contribution in [-0.4, -0.2) is 41.9 Å². The molecule has 1 aliphatic heterocycles. The second-order valence-electron chi connectivity index (χ2n) is 7.79. The Bertz CT molecular complexity index is 380. The van der Waals surface area contributed by atoms with Crippen molar-refractivity contribution in [1.82, 2.24) is 4.90 Å². The number of nitrogens with zero attached hydrogens (tertiary/aromatic N) is 1. The van der Waals surface area contributed by atoms with Crippen molar-refractivity contribution < 1.29 is 14.6 Å². The van der Waals surface area contributed by atoms with Gasteiger partial charge in [0.25, 0.3) is 0 Å². The zero-order chi connectivity index (χ0) is 19.6. The maximum Gasteiger partial charge on any atom is 0.224 e. The molecule has 0 saturated carbocycles. The Morgan fingerprint density at radius 2 is 1.48 bits per heavy atom. The molecule has 1 aliphatic rings. The number of aliphatic hydroxyl groups excluding tert-OH is 1. The average molecular weight is 382 g/mol. The van der Waals surface area contributed by atoms with Crippen molar-refractivity contribution in [3.8, 4) is 0 Å². The van der Waals surface area contributed by atoms with Crippen LogP contribution in [0.2, 0.25) is 0 Å². The van der Waals surface area contributed by atoms with Crippen LogP contribution in [0.4, 0.5) is 0 Å². The number of carbonyl (C=O) groups is 1. The molecule has 1 rings (SSSR count).